The maximum atomic E-state index is 12.3. The van der Waals surface area contributed by atoms with Crippen molar-refractivity contribution in [3.05, 3.63) is 86.7 Å². The number of halogens is 4. The first-order chi connectivity index (χ1) is 33.2. The van der Waals surface area contributed by atoms with Gasteiger partial charge in [0.1, 0.15) is 63.9 Å². The Morgan fingerprint density at radius 2 is 0.444 bits per heavy atom. The van der Waals surface area contributed by atoms with Gasteiger partial charge in [-0.2, -0.15) is 0 Å². The molecule has 72 heavy (non-hydrogen) atoms. The zero-order valence-electron chi connectivity index (χ0n) is 43.8. The zero-order valence-corrected chi connectivity index (χ0v) is 54.2. The van der Waals surface area contributed by atoms with Crippen LogP contribution in [0, 0.1) is 0 Å². The van der Waals surface area contributed by atoms with E-state index in [4.69, 9.17) is 17.7 Å². The molecule has 0 aliphatic heterocycles. The molecule has 1 aliphatic rings. The first-order valence-corrected chi connectivity index (χ1v) is 41.6. The van der Waals surface area contributed by atoms with Gasteiger partial charge in [-0.15, -0.1) is 0 Å². The lowest BCUT2D eigenvalue weighted by Crippen LogP contribution is -2.26. The highest BCUT2D eigenvalue weighted by molar-refractivity contribution is 9.11. The quantitative estimate of drug-likeness (QED) is 0.0308. The fourth-order valence-corrected chi connectivity index (χ4v) is 14.2. The lowest BCUT2D eigenvalue weighted by atomic mass is 9.76. The molecule has 0 heterocycles. The molecule has 0 saturated heterocycles. The maximum Gasteiger partial charge on any atom is 0.183 e. The molecule has 5 rings (SSSR count). The summed E-state index contributed by atoms with van der Waals surface area (Å²) in [5.41, 5.74) is 2.83. The fourth-order valence-electron chi connectivity index (χ4n) is 9.38. The highest BCUT2D eigenvalue weighted by atomic mass is 79.9. The molecular weight excluding hydrogens is 1250 g/mol. The minimum absolute atomic E-state index is 0.00755. The summed E-state index contributed by atoms with van der Waals surface area (Å²) in [7, 11) is -7.85. The smallest absolute Gasteiger partial charge is 0.183 e. The van der Waals surface area contributed by atoms with E-state index < -0.39 is 56.9 Å². The molecular formula is C52H76Br4O12Si4. The number of hydrogen-bond donors (Lipinski definition) is 8. The van der Waals surface area contributed by atoms with Crippen LogP contribution in [-0.2, 0) is 17.7 Å². The second-order valence-electron chi connectivity index (χ2n) is 22.9. The summed E-state index contributed by atoms with van der Waals surface area (Å²) in [6.07, 6.45) is 3.35. The van der Waals surface area contributed by atoms with E-state index in [0.29, 0.717) is 122 Å². The van der Waals surface area contributed by atoms with Crippen molar-refractivity contribution < 1.29 is 58.6 Å². The molecule has 0 atom stereocenters. The summed E-state index contributed by atoms with van der Waals surface area (Å²) in [4.78, 5) is 0. The molecule has 0 radical (unpaired) electrons. The van der Waals surface area contributed by atoms with E-state index in [0.717, 1.165) is 0 Å². The molecule has 12 nitrogen and oxygen atoms in total. The van der Waals surface area contributed by atoms with Gasteiger partial charge in [-0.25, -0.2) is 0 Å². The highest BCUT2D eigenvalue weighted by Crippen LogP contribution is 2.57. The average Bonchev–Trinajstić information content (AvgIpc) is 3.27. The van der Waals surface area contributed by atoms with Crippen molar-refractivity contribution in [3.63, 3.8) is 0 Å². The molecule has 4 aromatic rings. The zero-order chi connectivity index (χ0) is 54.0. The first-order valence-electron chi connectivity index (χ1n) is 24.8. The van der Waals surface area contributed by atoms with Crippen molar-refractivity contribution in [2.45, 2.75) is 154 Å². The van der Waals surface area contributed by atoms with Gasteiger partial charge in [-0.1, -0.05) is 0 Å². The van der Waals surface area contributed by atoms with Gasteiger partial charge < -0.3 is 58.6 Å². The van der Waals surface area contributed by atoms with Crippen LogP contribution in [-0.4, -0.2) is 101 Å². The third kappa shape index (κ3) is 15.1. The standard InChI is InChI=1S/C52H76Br4O12Si4/c1-69(2,3)65-21-13-17-29-33-25-35(47(59)41(53)45(33)57)30(18-14-22-66-70(4,5)6)37-27-39(51(63)43(55)49(37)61)32(20-16-24-68-72(10,11)12)40-28-38(50(62)44(56)52(40)64)31(19-15-23-67-71(7,8)9)36-26-34(29)46(58)42(54)48(36)60/h25-32,57-64H,13-24H2,1-12H3. The molecule has 8 N–H and O–H groups in total. The van der Waals surface area contributed by atoms with Crippen molar-refractivity contribution >= 4 is 97.0 Å². The maximum absolute atomic E-state index is 12.3. The first kappa shape index (κ1) is 60.8. The molecule has 0 amide bonds. The normalized spacial score (nSPS) is 17.7. The summed E-state index contributed by atoms with van der Waals surface area (Å²) >= 11 is 14.2. The van der Waals surface area contributed by atoms with Crippen LogP contribution in [0.5, 0.6) is 46.0 Å². The van der Waals surface area contributed by atoms with Crippen molar-refractivity contribution in [3.8, 4) is 46.0 Å². The third-order valence-electron chi connectivity index (χ3n) is 12.8. The van der Waals surface area contributed by atoms with Crippen molar-refractivity contribution in [2.24, 2.45) is 0 Å². The molecule has 0 unspecified atom stereocenters. The SMILES string of the molecule is C[Si](C)(C)OCCCC1c2cc(c(O)c(Br)c2O)C(CCCO[Si](C)(C)C)c2cc(c(O)c(Br)c2O)C(CCCO[Si](C)(C)C)c2cc(c(O)c(Br)c2O)C(CCCO[Si](C)(C)C)c2cc1c(O)c(Br)c2O. The number of hydrogen-bond acceptors (Lipinski definition) is 12. The van der Waals surface area contributed by atoms with E-state index in [9.17, 15) is 40.9 Å². The monoisotopic (exact) mass is 1320 g/mol. The van der Waals surface area contributed by atoms with Crippen molar-refractivity contribution in [2.75, 3.05) is 26.4 Å². The number of phenolic OH excluding ortho intramolecular Hbond substituents is 8. The second kappa shape index (κ2) is 24.5. The summed E-state index contributed by atoms with van der Waals surface area (Å²) in [6, 6.07) is 6.90. The number of fused-ring (bicyclic) bond motifs is 8. The van der Waals surface area contributed by atoms with Crippen LogP contribution in [0.4, 0.5) is 0 Å². The average molecular weight is 1330 g/mol. The summed E-state index contributed by atoms with van der Waals surface area (Å²) < 4.78 is 25.3. The van der Waals surface area contributed by atoms with Gasteiger partial charge >= 0.3 is 0 Å². The predicted octanol–water partition coefficient (Wildman–Crippen LogP) is 15.7. The molecule has 0 saturated carbocycles. The van der Waals surface area contributed by atoms with Gasteiger partial charge in [0.2, 0.25) is 0 Å². The van der Waals surface area contributed by atoms with E-state index in [1.54, 1.807) is 24.3 Å². The minimum Gasteiger partial charge on any atom is -0.506 e. The summed E-state index contributed by atoms with van der Waals surface area (Å²) in [5.74, 6) is -5.23. The summed E-state index contributed by atoms with van der Waals surface area (Å²) in [5, 5.41) is 98.1. The molecule has 8 bridgehead atoms. The van der Waals surface area contributed by atoms with Crippen LogP contribution in [0.3, 0.4) is 0 Å². The van der Waals surface area contributed by atoms with Gasteiger partial charge in [-0.3, -0.25) is 0 Å². The molecule has 0 spiro atoms. The summed E-state index contributed by atoms with van der Waals surface area (Å²) in [6.45, 7) is 26.8. The second-order valence-corrected chi connectivity index (χ2v) is 44.1. The van der Waals surface area contributed by atoms with E-state index >= 15 is 0 Å². The third-order valence-corrected chi connectivity index (χ3v) is 20.1. The van der Waals surface area contributed by atoms with Crippen molar-refractivity contribution in [1.29, 1.82) is 0 Å². The van der Waals surface area contributed by atoms with Crippen LogP contribution < -0.4 is 0 Å². The van der Waals surface area contributed by atoms with Crippen LogP contribution >= 0.6 is 63.7 Å². The lowest BCUT2D eigenvalue weighted by molar-refractivity contribution is 0.295. The van der Waals surface area contributed by atoms with Crippen LogP contribution in [0.1, 0.15) is 120 Å². The van der Waals surface area contributed by atoms with E-state index in [1.165, 1.54) is 0 Å². The Balaban J connectivity index is 1.98. The highest BCUT2D eigenvalue weighted by Gasteiger charge is 2.37. The van der Waals surface area contributed by atoms with Gasteiger partial charge in [0.15, 0.2) is 33.3 Å². The molecule has 1 aliphatic carbocycles. The predicted molar refractivity (Wildman–Crippen MR) is 311 cm³/mol. The van der Waals surface area contributed by atoms with Crippen LogP contribution in [0.2, 0.25) is 78.6 Å². The van der Waals surface area contributed by atoms with Gasteiger partial charge in [0.05, 0.1) is 0 Å². The Bertz CT molecular complexity index is 2110. The molecule has 0 aromatic heterocycles. The largest absolute Gasteiger partial charge is 0.506 e. The lowest BCUT2D eigenvalue weighted by Gasteiger charge is -2.31. The Morgan fingerprint density at radius 1 is 0.306 bits per heavy atom. The van der Waals surface area contributed by atoms with Gasteiger partial charge in [0.25, 0.3) is 0 Å². The van der Waals surface area contributed by atoms with Crippen molar-refractivity contribution in [1.82, 2.24) is 0 Å². The molecule has 0 fully saturated rings. The Morgan fingerprint density at radius 3 is 0.569 bits per heavy atom. The number of benzene rings is 4. The molecule has 400 valence electrons. The number of aromatic hydroxyl groups is 8. The van der Waals surface area contributed by atoms with E-state index in [2.05, 4.69) is 142 Å². The Labute approximate surface area is 464 Å². The fraction of sp³-hybridized carbons (Fsp3) is 0.538. The van der Waals surface area contributed by atoms with Gasteiger partial charge in [-0.05, 0) is 218 Å². The minimum atomic E-state index is -1.96. The van der Waals surface area contributed by atoms with E-state index in [1.807, 2.05) is 0 Å². The molecule has 20 heteroatoms. The van der Waals surface area contributed by atoms with Crippen LogP contribution in [0.25, 0.3) is 0 Å². The number of rotatable bonds is 20. The molecule has 4 aromatic carbocycles. The van der Waals surface area contributed by atoms with Gasteiger partial charge in [0, 0.05) is 94.6 Å². The topological polar surface area (TPSA) is 199 Å². The van der Waals surface area contributed by atoms with Crippen LogP contribution in [0.15, 0.2) is 42.2 Å². The van der Waals surface area contributed by atoms with E-state index in [-0.39, 0.29) is 63.9 Å². The number of phenols is 8. The Kier molecular flexibility index (Phi) is 20.7. The Hall–Kier alpha value is -2.09.